The van der Waals surface area contributed by atoms with Crippen molar-refractivity contribution < 1.29 is 24.2 Å². The Balaban J connectivity index is 1.90. The number of methoxy groups -OCH3 is 1. The Morgan fingerprint density at radius 2 is 1.93 bits per heavy atom. The van der Waals surface area contributed by atoms with Crippen LogP contribution in [0.5, 0.6) is 17.2 Å². The number of benzene rings is 2. The minimum Gasteiger partial charge on any atom is -0.504 e. The number of phenolic OH excluding ortho intramolecular Hbond substituents is 1. The first-order valence-electron chi connectivity index (χ1n) is 9.12. The van der Waals surface area contributed by atoms with Gasteiger partial charge in [-0.3, -0.25) is 4.79 Å². The molecule has 1 aliphatic rings. The number of hydrogen-bond acceptors (Lipinski definition) is 5. The Labute approximate surface area is 168 Å². The first kappa shape index (κ1) is 20.1. The SMILES string of the molecule is CCOc1ccc(NC(=O)C2=C(C)NC(=O)NC2c2ccc(O)c(OC)c2)cc1. The zero-order valence-corrected chi connectivity index (χ0v) is 16.4. The van der Waals surface area contributed by atoms with E-state index in [2.05, 4.69) is 16.0 Å². The number of nitrogens with one attached hydrogen (secondary N) is 3. The molecule has 8 nitrogen and oxygen atoms in total. The average Bonchev–Trinajstić information content (AvgIpc) is 2.69. The standard InChI is InChI=1S/C21H23N3O5/c1-4-29-15-8-6-14(7-9-15)23-20(26)18-12(2)22-21(27)24-19(18)13-5-10-16(25)17(11-13)28-3/h5-11,19,25H,4H2,1-3H3,(H,23,26)(H2,22,24,27). The average molecular weight is 397 g/mol. The fraction of sp³-hybridized carbons (Fsp3) is 0.238. The maximum atomic E-state index is 13.0. The molecule has 3 amide bonds. The number of ether oxygens (including phenoxy) is 2. The maximum absolute atomic E-state index is 13.0. The highest BCUT2D eigenvalue weighted by Gasteiger charge is 2.31. The number of phenols is 1. The second kappa shape index (κ2) is 8.55. The number of anilines is 1. The maximum Gasteiger partial charge on any atom is 0.319 e. The minimum atomic E-state index is -0.707. The normalized spacial score (nSPS) is 16.0. The van der Waals surface area contributed by atoms with E-state index >= 15 is 0 Å². The second-order valence-electron chi connectivity index (χ2n) is 6.41. The Hall–Kier alpha value is -3.68. The highest BCUT2D eigenvalue weighted by Crippen LogP contribution is 2.33. The summed E-state index contributed by atoms with van der Waals surface area (Å²) in [5.41, 5.74) is 1.99. The smallest absolute Gasteiger partial charge is 0.319 e. The van der Waals surface area contributed by atoms with E-state index < -0.39 is 12.1 Å². The van der Waals surface area contributed by atoms with Gasteiger partial charge in [-0.2, -0.15) is 0 Å². The fourth-order valence-corrected chi connectivity index (χ4v) is 3.12. The molecule has 2 aromatic rings. The summed E-state index contributed by atoms with van der Waals surface area (Å²) in [7, 11) is 1.43. The predicted octanol–water partition coefficient (Wildman–Crippen LogP) is 3.07. The van der Waals surface area contributed by atoms with Crippen LogP contribution in [0.4, 0.5) is 10.5 Å². The Morgan fingerprint density at radius 3 is 2.59 bits per heavy atom. The summed E-state index contributed by atoms with van der Waals surface area (Å²) in [5, 5.41) is 18.1. The van der Waals surface area contributed by atoms with Crippen LogP contribution in [0.1, 0.15) is 25.5 Å². The van der Waals surface area contributed by atoms with Gasteiger partial charge in [0.2, 0.25) is 0 Å². The number of urea groups is 1. The predicted molar refractivity (Wildman–Crippen MR) is 108 cm³/mol. The van der Waals surface area contributed by atoms with Gasteiger partial charge in [0.25, 0.3) is 5.91 Å². The van der Waals surface area contributed by atoms with Gasteiger partial charge in [0, 0.05) is 11.4 Å². The molecule has 0 bridgehead atoms. The third-order valence-electron chi connectivity index (χ3n) is 4.47. The van der Waals surface area contributed by atoms with Crippen molar-refractivity contribution in [2.75, 3.05) is 19.0 Å². The monoisotopic (exact) mass is 397 g/mol. The van der Waals surface area contributed by atoms with Gasteiger partial charge < -0.3 is 30.5 Å². The Bertz CT molecular complexity index is 953. The number of amides is 3. The lowest BCUT2D eigenvalue weighted by atomic mass is 9.94. The van der Waals surface area contributed by atoms with Gasteiger partial charge in [-0.15, -0.1) is 0 Å². The Morgan fingerprint density at radius 1 is 1.21 bits per heavy atom. The molecule has 0 spiro atoms. The van der Waals surface area contributed by atoms with Crippen LogP contribution in [-0.2, 0) is 4.79 Å². The Kier molecular flexibility index (Phi) is 5.92. The third kappa shape index (κ3) is 4.43. The van der Waals surface area contributed by atoms with E-state index in [0.29, 0.717) is 34.9 Å². The quantitative estimate of drug-likeness (QED) is 0.599. The first-order valence-corrected chi connectivity index (χ1v) is 9.12. The number of carbonyl (C=O) groups is 2. The van der Waals surface area contributed by atoms with Crippen LogP contribution in [-0.4, -0.2) is 30.8 Å². The zero-order valence-electron chi connectivity index (χ0n) is 16.4. The van der Waals surface area contributed by atoms with Gasteiger partial charge in [0.1, 0.15) is 5.75 Å². The molecule has 8 heteroatoms. The molecular formula is C21H23N3O5. The first-order chi connectivity index (χ1) is 13.9. The summed E-state index contributed by atoms with van der Waals surface area (Å²) in [4.78, 5) is 25.0. The van der Waals surface area contributed by atoms with E-state index in [4.69, 9.17) is 9.47 Å². The van der Waals surface area contributed by atoms with Gasteiger partial charge >= 0.3 is 6.03 Å². The zero-order chi connectivity index (χ0) is 21.0. The van der Waals surface area contributed by atoms with Crippen molar-refractivity contribution in [3.63, 3.8) is 0 Å². The summed E-state index contributed by atoms with van der Waals surface area (Å²) in [6, 6.07) is 10.6. The van der Waals surface area contributed by atoms with E-state index in [1.165, 1.54) is 13.2 Å². The van der Waals surface area contributed by atoms with Crippen molar-refractivity contribution in [3.05, 3.63) is 59.3 Å². The topological polar surface area (TPSA) is 109 Å². The van der Waals surface area contributed by atoms with Crippen LogP contribution in [0.2, 0.25) is 0 Å². The van der Waals surface area contributed by atoms with Crippen LogP contribution in [0.3, 0.4) is 0 Å². The number of carbonyl (C=O) groups excluding carboxylic acids is 2. The molecule has 152 valence electrons. The van der Waals surface area contributed by atoms with E-state index in [1.54, 1.807) is 43.3 Å². The van der Waals surface area contributed by atoms with Crippen molar-refractivity contribution in [2.45, 2.75) is 19.9 Å². The number of aromatic hydroxyl groups is 1. The molecule has 0 aliphatic carbocycles. The van der Waals surface area contributed by atoms with Crippen LogP contribution in [0.15, 0.2) is 53.7 Å². The number of hydrogen-bond donors (Lipinski definition) is 4. The van der Waals surface area contributed by atoms with E-state index in [9.17, 15) is 14.7 Å². The summed E-state index contributed by atoms with van der Waals surface area (Å²) in [6.07, 6.45) is 0. The highest BCUT2D eigenvalue weighted by molar-refractivity contribution is 6.06. The summed E-state index contributed by atoms with van der Waals surface area (Å²) < 4.78 is 10.6. The van der Waals surface area contributed by atoms with Gasteiger partial charge in [-0.1, -0.05) is 6.07 Å². The van der Waals surface area contributed by atoms with Gasteiger partial charge in [-0.05, 0) is 55.8 Å². The lowest BCUT2D eigenvalue weighted by Gasteiger charge is -2.29. The highest BCUT2D eigenvalue weighted by atomic mass is 16.5. The number of allylic oxidation sites excluding steroid dienone is 1. The van der Waals surface area contributed by atoms with Crippen molar-refractivity contribution >= 4 is 17.6 Å². The molecule has 1 aliphatic heterocycles. The van der Waals surface area contributed by atoms with Crippen LogP contribution in [0, 0.1) is 0 Å². The summed E-state index contributed by atoms with van der Waals surface area (Å²) in [5.74, 6) is 0.564. The van der Waals surface area contributed by atoms with E-state index in [1.807, 2.05) is 6.92 Å². The molecule has 29 heavy (non-hydrogen) atoms. The molecule has 1 unspecified atom stereocenters. The molecule has 0 radical (unpaired) electrons. The van der Waals surface area contributed by atoms with Crippen molar-refractivity contribution in [3.8, 4) is 17.2 Å². The van der Waals surface area contributed by atoms with Crippen LogP contribution < -0.4 is 25.4 Å². The molecule has 3 rings (SSSR count). The van der Waals surface area contributed by atoms with Crippen molar-refractivity contribution in [1.82, 2.24) is 10.6 Å². The van der Waals surface area contributed by atoms with E-state index in [-0.39, 0.29) is 17.4 Å². The molecule has 0 fully saturated rings. The summed E-state index contributed by atoms with van der Waals surface area (Å²) in [6.45, 7) is 4.12. The third-order valence-corrected chi connectivity index (χ3v) is 4.47. The second-order valence-corrected chi connectivity index (χ2v) is 6.41. The minimum absolute atomic E-state index is 0.0300. The lowest BCUT2D eigenvalue weighted by Crippen LogP contribution is -2.45. The van der Waals surface area contributed by atoms with Crippen LogP contribution in [0.25, 0.3) is 0 Å². The van der Waals surface area contributed by atoms with Crippen molar-refractivity contribution in [2.24, 2.45) is 0 Å². The molecule has 0 saturated carbocycles. The largest absolute Gasteiger partial charge is 0.504 e. The van der Waals surface area contributed by atoms with Gasteiger partial charge in [-0.25, -0.2) is 4.79 Å². The molecule has 2 aromatic carbocycles. The van der Waals surface area contributed by atoms with Crippen LogP contribution >= 0.6 is 0 Å². The number of rotatable bonds is 6. The molecule has 0 aromatic heterocycles. The van der Waals surface area contributed by atoms with Gasteiger partial charge in [0.05, 0.1) is 25.3 Å². The van der Waals surface area contributed by atoms with Crippen molar-refractivity contribution in [1.29, 1.82) is 0 Å². The molecule has 4 N–H and O–H groups in total. The molecule has 1 heterocycles. The molecular weight excluding hydrogens is 374 g/mol. The fourth-order valence-electron chi connectivity index (χ4n) is 3.12. The summed E-state index contributed by atoms with van der Waals surface area (Å²) >= 11 is 0. The van der Waals surface area contributed by atoms with Gasteiger partial charge in [0.15, 0.2) is 11.5 Å². The molecule has 0 saturated heterocycles. The lowest BCUT2D eigenvalue weighted by molar-refractivity contribution is -0.113. The van der Waals surface area contributed by atoms with E-state index in [0.717, 1.165) is 0 Å². The molecule has 1 atom stereocenters.